The van der Waals surface area contributed by atoms with Crippen molar-refractivity contribution in [3.05, 3.63) is 41.0 Å². The van der Waals surface area contributed by atoms with Gasteiger partial charge in [0.05, 0.1) is 5.75 Å². The van der Waals surface area contributed by atoms with Crippen molar-refractivity contribution in [2.45, 2.75) is 51.9 Å². The minimum absolute atomic E-state index is 0.0898. The lowest BCUT2D eigenvalue weighted by atomic mass is 10.1. The standard InChI is InChI=1S/C23H32ClN5OS/c1-16(2)29(17(3)4)22(30)15-31-23-25-20(24)14-21(26-23)28-12-10-27(11-13-28)19-9-7-6-8-18(19)5/h6-9,14,16-17H,10-13,15H2,1-5H3. The Balaban J connectivity index is 1.64. The third-order valence-corrected chi connectivity index (χ3v) is 6.47. The molecule has 0 unspecified atom stereocenters. The second kappa shape index (κ2) is 10.6. The van der Waals surface area contributed by atoms with Crippen LogP contribution in [0.2, 0.25) is 5.15 Å². The van der Waals surface area contributed by atoms with Crippen molar-refractivity contribution in [1.82, 2.24) is 14.9 Å². The molecule has 0 bridgehead atoms. The Labute approximate surface area is 195 Å². The highest BCUT2D eigenvalue weighted by Crippen LogP contribution is 2.26. The molecule has 6 nitrogen and oxygen atoms in total. The molecule has 1 aromatic heterocycles. The highest BCUT2D eigenvalue weighted by atomic mass is 35.5. The average Bonchev–Trinajstić information content (AvgIpc) is 2.72. The lowest BCUT2D eigenvalue weighted by Crippen LogP contribution is -2.47. The number of nitrogens with zero attached hydrogens (tertiary/aromatic N) is 5. The molecule has 0 radical (unpaired) electrons. The van der Waals surface area contributed by atoms with Crippen molar-refractivity contribution < 1.29 is 4.79 Å². The number of hydrogen-bond donors (Lipinski definition) is 0. The first kappa shape index (κ1) is 23.7. The molecular weight excluding hydrogens is 430 g/mol. The predicted molar refractivity (Wildman–Crippen MR) is 130 cm³/mol. The number of benzene rings is 1. The van der Waals surface area contributed by atoms with Gasteiger partial charge in [-0.25, -0.2) is 9.97 Å². The van der Waals surface area contributed by atoms with Crippen LogP contribution in [-0.4, -0.2) is 64.8 Å². The van der Waals surface area contributed by atoms with Crippen LogP contribution in [0.4, 0.5) is 11.5 Å². The molecule has 0 N–H and O–H groups in total. The molecule has 1 fully saturated rings. The monoisotopic (exact) mass is 461 g/mol. The van der Waals surface area contributed by atoms with Gasteiger partial charge < -0.3 is 14.7 Å². The summed E-state index contributed by atoms with van der Waals surface area (Å²) in [5.74, 6) is 1.22. The largest absolute Gasteiger partial charge is 0.368 e. The number of rotatable bonds is 7. The number of halogens is 1. The summed E-state index contributed by atoms with van der Waals surface area (Å²) in [6, 6.07) is 10.6. The Morgan fingerprint density at radius 3 is 2.29 bits per heavy atom. The summed E-state index contributed by atoms with van der Waals surface area (Å²) in [6.07, 6.45) is 0. The molecule has 2 heterocycles. The minimum Gasteiger partial charge on any atom is -0.368 e. The van der Waals surface area contributed by atoms with E-state index in [1.54, 1.807) is 0 Å². The highest BCUT2D eigenvalue weighted by Gasteiger charge is 2.22. The number of aromatic nitrogens is 2. The van der Waals surface area contributed by atoms with Gasteiger partial charge in [0.25, 0.3) is 0 Å². The molecule has 1 aliphatic heterocycles. The summed E-state index contributed by atoms with van der Waals surface area (Å²) >= 11 is 7.64. The Bertz CT molecular complexity index is 891. The minimum atomic E-state index is 0.0898. The first-order valence-electron chi connectivity index (χ1n) is 10.8. The molecule has 1 aliphatic rings. The average molecular weight is 462 g/mol. The van der Waals surface area contributed by atoms with Gasteiger partial charge in [-0.15, -0.1) is 0 Å². The van der Waals surface area contributed by atoms with E-state index in [4.69, 9.17) is 16.6 Å². The Hall–Kier alpha value is -1.99. The summed E-state index contributed by atoms with van der Waals surface area (Å²) < 4.78 is 0. The molecule has 1 amide bonds. The van der Waals surface area contributed by atoms with Crippen LogP contribution in [0.25, 0.3) is 0 Å². The van der Waals surface area contributed by atoms with Crippen LogP contribution in [0.15, 0.2) is 35.5 Å². The van der Waals surface area contributed by atoms with Crippen LogP contribution in [0, 0.1) is 6.92 Å². The SMILES string of the molecule is Cc1ccccc1N1CCN(c2cc(Cl)nc(SCC(=O)N(C(C)C)C(C)C)n2)CC1. The van der Waals surface area contributed by atoms with E-state index in [1.165, 1.54) is 23.0 Å². The number of carbonyl (C=O) groups is 1. The van der Waals surface area contributed by atoms with E-state index in [2.05, 4.69) is 46.0 Å². The second-order valence-corrected chi connectivity index (χ2v) is 9.70. The highest BCUT2D eigenvalue weighted by molar-refractivity contribution is 7.99. The molecule has 1 aromatic carbocycles. The Kier molecular flexibility index (Phi) is 8.06. The zero-order valence-electron chi connectivity index (χ0n) is 19.0. The van der Waals surface area contributed by atoms with Gasteiger partial charge in [0.15, 0.2) is 5.16 Å². The second-order valence-electron chi connectivity index (χ2n) is 8.37. The van der Waals surface area contributed by atoms with Crippen LogP contribution >= 0.6 is 23.4 Å². The third-order valence-electron chi connectivity index (χ3n) is 5.45. The van der Waals surface area contributed by atoms with Crippen molar-refractivity contribution >= 4 is 40.8 Å². The predicted octanol–water partition coefficient (Wildman–Crippen LogP) is 4.50. The van der Waals surface area contributed by atoms with Gasteiger partial charge in [-0.2, -0.15) is 0 Å². The maximum atomic E-state index is 12.7. The number of thioether (sulfide) groups is 1. The van der Waals surface area contributed by atoms with Gasteiger partial charge in [-0.1, -0.05) is 41.6 Å². The molecular formula is C23H32ClN5OS. The fourth-order valence-corrected chi connectivity index (χ4v) is 5.03. The van der Waals surface area contributed by atoms with Crippen LogP contribution in [0.3, 0.4) is 0 Å². The molecule has 8 heteroatoms. The number of hydrogen-bond acceptors (Lipinski definition) is 6. The summed E-state index contributed by atoms with van der Waals surface area (Å²) in [5, 5.41) is 0.954. The number of amides is 1. The van der Waals surface area contributed by atoms with E-state index in [9.17, 15) is 4.79 Å². The van der Waals surface area contributed by atoms with E-state index >= 15 is 0 Å². The summed E-state index contributed by atoms with van der Waals surface area (Å²) in [7, 11) is 0. The van der Waals surface area contributed by atoms with E-state index in [1.807, 2.05) is 38.7 Å². The number of piperazine rings is 1. The molecule has 0 spiro atoms. The fourth-order valence-electron chi connectivity index (χ4n) is 4.08. The number of aryl methyl sites for hydroxylation is 1. The maximum absolute atomic E-state index is 12.7. The topological polar surface area (TPSA) is 52.6 Å². The Morgan fingerprint density at radius 2 is 1.68 bits per heavy atom. The summed E-state index contributed by atoms with van der Waals surface area (Å²) in [4.78, 5) is 28.2. The van der Waals surface area contributed by atoms with Gasteiger partial charge >= 0.3 is 0 Å². The quantitative estimate of drug-likeness (QED) is 0.343. The maximum Gasteiger partial charge on any atom is 0.233 e. The van der Waals surface area contributed by atoms with Gasteiger partial charge in [-0.05, 0) is 46.2 Å². The van der Waals surface area contributed by atoms with E-state index < -0.39 is 0 Å². The van der Waals surface area contributed by atoms with Gasteiger partial charge in [0.2, 0.25) is 5.91 Å². The van der Waals surface area contributed by atoms with E-state index in [-0.39, 0.29) is 18.0 Å². The fraction of sp³-hybridized carbons (Fsp3) is 0.522. The molecule has 0 saturated carbocycles. The molecule has 3 rings (SSSR count). The van der Waals surface area contributed by atoms with Crippen molar-refractivity contribution in [3.63, 3.8) is 0 Å². The number of carbonyl (C=O) groups excluding carboxylic acids is 1. The molecule has 2 aromatic rings. The van der Waals surface area contributed by atoms with Crippen molar-refractivity contribution in [2.75, 3.05) is 41.7 Å². The normalized spacial score (nSPS) is 14.5. The van der Waals surface area contributed by atoms with Crippen molar-refractivity contribution in [1.29, 1.82) is 0 Å². The Morgan fingerprint density at radius 1 is 1.06 bits per heavy atom. The van der Waals surface area contributed by atoms with Gasteiger partial charge in [0, 0.05) is 50.0 Å². The van der Waals surface area contributed by atoms with E-state index in [0.29, 0.717) is 16.1 Å². The zero-order valence-corrected chi connectivity index (χ0v) is 20.6. The lowest BCUT2D eigenvalue weighted by molar-refractivity contribution is -0.131. The smallest absolute Gasteiger partial charge is 0.233 e. The molecule has 1 saturated heterocycles. The summed E-state index contributed by atoms with van der Waals surface area (Å²) in [6.45, 7) is 13.9. The van der Waals surface area contributed by atoms with Gasteiger partial charge in [0.1, 0.15) is 11.0 Å². The van der Waals surface area contributed by atoms with Crippen molar-refractivity contribution in [2.24, 2.45) is 0 Å². The third kappa shape index (κ3) is 6.04. The molecule has 168 valence electrons. The summed E-state index contributed by atoms with van der Waals surface area (Å²) in [5.41, 5.74) is 2.58. The van der Waals surface area contributed by atoms with Gasteiger partial charge in [-0.3, -0.25) is 4.79 Å². The first-order valence-corrected chi connectivity index (χ1v) is 12.2. The van der Waals surface area contributed by atoms with Crippen LogP contribution < -0.4 is 9.80 Å². The van der Waals surface area contributed by atoms with Crippen LogP contribution in [-0.2, 0) is 4.79 Å². The van der Waals surface area contributed by atoms with Crippen LogP contribution in [0.1, 0.15) is 33.3 Å². The van der Waals surface area contributed by atoms with Crippen molar-refractivity contribution in [3.8, 4) is 0 Å². The lowest BCUT2D eigenvalue weighted by Gasteiger charge is -2.37. The van der Waals surface area contributed by atoms with E-state index in [0.717, 1.165) is 32.0 Å². The molecule has 0 aliphatic carbocycles. The number of anilines is 2. The first-order chi connectivity index (χ1) is 14.8. The number of para-hydroxylation sites is 1. The molecule has 31 heavy (non-hydrogen) atoms. The zero-order chi connectivity index (χ0) is 22.5. The van der Waals surface area contributed by atoms with Crippen LogP contribution in [0.5, 0.6) is 0 Å². The molecule has 0 atom stereocenters.